The number of nitrogens with one attached hydrogen (secondary N) is 1. The Bertz CT molecular complexity index is 444. The summed E-state index contributed by atoms with van der Waals surface area (Å²) >= 11 is 0. The molecule has 2 fully saturated rings. The second-order valence-electron chi connectivity index (χ2n) is 7.04. The van der Waals surface area contributed by atoms with Gasteiger partial charge in [-0.3, -0.25) is 0 Å². The van der Waals surface area contributed by atoms with Crippen LogP contribution in [-0.4, -0.2) is 30.1 Å². The highest BCUT2D eigenvalue weighted by atomic mass is 15.2. The normalized spacial score (nSPS) is 22.9. The van der Waals surface area contributed by atoms with Gasteiger partial charge in [0.25, 0.3) is 0 Å². The summed E-state index contributed by atoms with van der Waals surface area (Å²) in [5, 5.41) is 3.64. The molecule has 0 radical (unpaired) electrons. The van der Waals surface area contributed by atoms with Crippen molar-refractivity contribution in [1.82, 2.24) is 4.90 Å². The van der Waals surface area contributed by atoms with Crippen LogP contribution < -0.4 is 11.1 Å². The van der Waals surface area contributed by atoms with Crippen LogP contribution >= 0.6 is 0 Å². The Morgan fingerprint density at radius 1 is 0.864 bits per heavy atom. The van der Waals surface area contributed by atoms with Gasteiger partial charge in [0.1, 0.15) is 0 Å². The summed E-state index contributed by atoms with van der Waals surface area (Å²) in [5.74, 6) is 0. The van der Waals surface area contributed by atoms with Gasteiger partial charge in [-0.2, -0.15) is 0 Å². The SMILES string of the molecule is Nc1ccccc1NC1CCN(C2CCCCCCC2)CC1. The fourth-order valence-corrected chi connectivity index (χ4v) is 4.06. The Labute approximate surface area is 135 Å². The number of anilines is 2. The Morgan fingerprint density at radius 3 is 2.18 bits per heavy atom. The van der Waals surface area contributed by atoms with Crippen LogP contribution in [0, 0.1) is 0 Å². The molecular formula is C19H31N3. The quantitative estimate of drug-likeness (QED) is 0.820. The van der Waals surface area contributed by atoms with Gasteiger partial charge in [0.2, 0.25) is 0 Å². The zero-order valence-corrected chi connectivity index (χ0v) is 13.8. The first-order chi connectivity index (χ1) is 10.8. The maximum atomic E-state index is 6.04. The molecule has 22 heavy (non-hydrogen) atoms. The van der Waals surface area contributed by atoms with E-state index in [1.807, 2.05) is 12.1 Å². The number of likely N-dealkylation sites (tertiary alicyclic amines) is 1. The molecule has 1 heterocycles. The summed E-state index contributed by atoms with van der Waals surface area (Å²) in [4.78, 5) is 2.76. The fraction of sp³-hybridized carbons (Fsp3) is 0.684. The Morgan fingerprint density at radius 2 is 1.50 bits per heavy atom. The van der Waals surface area contributed by atoms with Crippen molar-refractivity contribution in [2.45, 2.75) is 69.9 Å². The number of para-hydroxylation sites is 2. The van der Waals surface area contributed by atoms with E-state index < -0.39 is 0 Å². The summed E-state index contributed by atoms with van der Waals surface area (Å²) in [5.41, 5.74) is 8.01. The van der Waals surface area contributed by atoms with Crippen LogP contribution in [0.1, 0.15) is 57.8 Å². The first kappa shape index (κ1) is 15.7. The number of nitrogens with two attached hydrogens (primary N) is 1. The molecule has 0 unspecified atom stereocenters. The lowest BCUT2D eigenvalue weighted by atomic mass is 9.93. The van der Waals surface area contributed by atoms with Gasteiger partial charge in [-0.1, -0.05) is 44.2 Å². The third kappa shape index (κ3) is 4.16. The van der Waals surface area contributed by atoms with Crippen LogP contribution in [-0.2, 0) is 0 Å². The van der Waals surface area contributed by atoms with E-state index in [1.165, 1.54) is 70.9 Å². The van der Waals surface area contributed by atoms with Crippen LogP contribution in [0.4, 0.5) is 11.4 Å². The number of nitrogens with zero attached hydrogens (tertiary/aromatic N) is 1. The molecular weight excluding hydrogens is 270 g/mol. The molecule has 3 heteroatoms. The fourth-order valence-electron chi connectivity index (χ4n) is 4.06. The first-order valence-corrected chi connectivity index (χ1v) is 9.18. The van der Waals surface area contributed by atoms with Crippen LogP contribution in [0.25, 0.3) is 0 Å². The maximum absolute atomic E-state index is 6.04. The van der Waals surface area contributed by atoms with Crippen molar-refractivity contribution in [1.29, 1.82) is 0 Å². The van der Waals surface area contributed by atoms with Gasteiger partial charge in [-0.05, 0) is 37.8 Å². The van der Waals surface area contributed by atoms with Gasteiger partial charge in [0, 0.05) is 25.2 Å². The van der Waals surface area contributed by atoms with Crippen LogP contribution in [0.2, 0.25) is 0 Å². The largest absolute Gasteiger partial charge is 0.397 e. The molecule has 0 bridgehead atoms. The predicted molar refractivity (Wildman–Crippen MR) is 95.2 cm³/mol. The molecule has 1 aromatic rings. The minimum absolute atomic E-state index is 0.578. The number of benzene rings is 1. The molecule has 1 aromatic carbocycles. The van der Waals surface area contributed by atoms with Crippen LogP contribution in [0.3, 0.4) is 0 Å². The van der Waals surface area contributed by atoms with Crippen molar-refractivity contribution >= 4 is 11.4 Å². The van der Waals surface area contributed by atoms with Crippen molar-refractivity contribution in [2.75, 3.05) is 24.1 Å². The average molecular weight is 301 g/mol. The monoisotopic (exact) mass is 301 g/mol. The molecule has 2 aliphatic rings. The highest BCUT2D eigenvalue weighted by molar-refractivity contribution is 5.65. The zero-order valence-electron chi connectivity index (χ0n) is 13.8. The van der Waals surface area contributed by atoms with Crippen molar-refractivity contribution in [2.24, 2.45) is 0 Å². The molecule has 3 nitrogen and oxygen atoms in total. The summed E-state index contributed by atoms with van der Waals surface area (Å²) < 4.78 is 0. The van der Waals surface area contributed by atoms with E-state index in [4.69, 9.17) is 5.73 Å². The molecule has 1 aliphatic carbocycles. The number of hydrogen-bond acceptors (Lipinski definition) is 3. The highest BCUT2D eigenvalue weighted by Gasteiger charge is 2.25. The van der Waals surface area contributed by atoms with Crippen molar-refractivity contribution < 1.29 is 0 Å². The number of piperidine rings is 1. The molecule has 3 N–H and O–H groups in total. The lowest BCUT2D eigenvalue weighted by Crippen LogP contribution is -2.44. The average Bonchev–Trinajstić information content (AvgIpc) is 2.50. The topological polar surface area (TPSA) is 41.3 Å². The van der Waals surface area contributed by atoms with E-state index in [2.05, 4.69) is 22.3 Å². The molecule has 1 saturated heterocycles. The number of rotatable bonds is 3. The minimum Gasteiger partial charge on any atom is -0.397 e. The molecule has 0 aromatic heterocycles. The maximum Gasteiger partial charge on any atom is 0.0576 e. The van der Waals surface area contributed by atoms with E-state index in [0.29, 0.717) is 6.04 Å². The Hall–Kier alpha value is -1.22. The van der Waals surface area contributed by atoms with E-state index in [9.17, 15) is 0 Å². The molecule has 0 amide bonds. The number of nitrogen functional groups attached to an aromatic ring is 1. The Balaban J connectivity index is 1.48. The molecule has 0 atom stereocenters. The predicted octanol–water partition coefficient (Wildman–Crippen LogP) is 4.26. The van der Waals surface area contributed by atoms with Gasteiger partial charge in [0.15, 0.2) is 0 Å². The summed E-state index contributed by atoms with van der Waals surface area (Å²) in [6.07, 6.45) is 12.5. The van der Waals surface area contributed by atoms with Gasteiger partial charge in [-0.15, -0.1) is 0 Å². The molecule has 1 saturated carbocycles. The lowest BCUT2D eigenvalue weighted by molar-refractivity contribution is 0.133. The molecule has 1 aliphatic heterocycles. The third-order valence-corrected chi connectivity index (χ3v) is 5.44. The summed E-state index contributed by atoms with van der Waals surface area (Å²) in [7, 11) is 0. The summed E-state index contributed by atoms with van der Waals surface area (Å²) in [6, 6.07) is 9.56. The second kappa shape index (κ2) is 7.87. The van der Waals surface area contributed by atoms with Gasteiger partial charge >= 0.3 is 0 Å². The highest BCUT2D eigenvalue weighted by Crippen LogP contribution is 2.26. The van der Waals surface area contributed by atoms with Crippen molar-refractivity contribution in [3.8, 4) is 0 Å². The van der Waals surface area contributed by atoms with Gasteiger partial charge in [0.05, 0.1) is 11.4 Å². The number of hydrogen-bond donors (Lipinski definition) is 2. The minimum atomic E-state index is 0.578. The molecule has 122 valence electrons. The van der Waals surface area contributed by atoms with Crippen LogP contribution in [0.15, 0.2) is 24.3 Å². The smallest absolute Gasteiger partial charge is 0.0576 e. The molecule has 0 spiro atoms. The third-order valence-electron chi connectivity index (χ3n) is 5.44. The van der Waals surface area contributed by atoms with Gasteiger partial charge in [-0.25, -0.2) is 0 Å². The van der Waals surface area contributed by atoms with E-state index >= 15 is 0 Å². The van der Waals surface area contributed by atoms with E-state index in [1.54, 1.807) is 0 Å². The van der Waals surface area contributed by atoms with Gasteiger partial charge < -0.3 is 16.0 Å². The Kier molecular flexibility index (Phi) is 5.60. The lowest BCUT2D eigenvalue weighted by Gasteiger charge is -2.39. The second-order valence-corrected chi connectivity index (χ2v) is 7.04. The van der Waals surface area contributed by atoms with Crippen molar-refractivity contribution in [3.63, 3.8) is 0 Å². The molecule has 3 rings (SSSR count). The van der Waals surface area contributed by atoms with E-state index in [0.717, 1.165) is 17.4 Å². The summed E-state index contributed by atoms with van der Waals surface area (Å²) in [6.45, 7) is 2.49. The first-order valence-electron chi connectivity index (χ1n) is 9.18. The zero-order chi connectivity index (χ0) is 15.2. The van der Waals surface area contributed by atoms with Crippen LogP contribution in [0.5, 0.6) is 0 Å². The standard InChI is InChI=1S/C19H31N3/c20-18-10-6-7-11-19(18)21-16-12-14-22(15-13-16)17-8-4-2-1-3-5-9-17/h6-7,10-11,16-17,21H,1-5,8-9,12-15,20H2. The van der Waals surface area contributed by atoms with E-state index in [-0.39, 0.29) is 0 Å². The van der Waals surface area contributed by atoms with Crippen molar-refractivity contribution in [3.05, 3.63) is 24.3 Å².